The Morgan fingerprint density at radius 1 is 0.697 bits per heavy atom. The molecule has 0 bridgehead atoms. The highest BCUT2D eigenvalue weighted by molar-refractivity contribution is 5.69. The Bertz CT molecular complexity index is 499. The predicted octanol–water partition coefficient (Wildman–Crippen LogP) is 10.5. The first kappa shape index (κ1) is 31.9. The minimum atomic E-state index is 0.000264. The predicted molar refractivity (Wildman–Crippen MR) is 147 cm³/mol. The van der Waals surface area contributed by atoms with Gasteiger partial charge in [0.2, 0.25) is 0 Å². The quantitative estimate of drug-likeness (QED) is 0.0857. The van der Waals surface area contributed by atoms with E-state index >= 15 is 0 Å². The zero-order valence-corrected chi connectivity index (χ0v) is 23.2. The van der Waals surface area contributed by atoms with Crippen LogP contribution in [0.1, 0.15) is 157 Å². The van der Waals surface area contributed by atoms with E-state index in [1.165, 1.54) is 94.6 Å². The van der Waals surface area contributed by atoms with Crippen LogP contribution in [0.2, 0.25) is 0 Å². The van der Waals surface area contributed by atoms with E-state index in [2.05, 4.69) is 46.8 Å². The summed E-state index contributed by atoms with van der Waals surface area (Å²) in [7, 11) is 0. The number of carbonyl (C=O) groups is 1. The second-order valence-electron chi connectivity index (χ2n) is 10.6. The lowest BCUT2D eigenvalue weighted by atomic mass is 10.0. The van der Waals surface area contributed by atoms with Gasteiger partial charge in [-0.05, 0) is 65.2 Å². The second-order valence-corrected chi connectivity index (χ2v) is 10.6. The van der Waals surface area contributed by atoms with Gasteiger partial charge in [0.25, 0.3) is 0 Å². The van der Waals surface area contributed by atoms with Crippen molar-refractivity contribution in [3.63, 3.8) is 0 Å². The van der Waals surface area contributed by atoms with Gasteiger partial charge in [-0.25, -0.2) is 0 Å². The summed E-state index contributed by atoms with van der Waals surface area (Å²) in [6, 6.07) is 0. The van der Waals surface area contributed by atoms with Crippen LogP contribution in [0.15, 0.2) is 23.3 Å². The molecule has 1 unspecified atom stereocenters. The minimum Gasteiger partial charge on any atom is -0.466 e. The maximum absolute atomic E-state index is 11.9. The SMILES string of the molecule is CCCCCCCCCCCCCCCC(=O)OCCC(C)CC/C=C(\C)CCC=C(C)C. The van der Waals surface area contributed by atoms with Crippen LogP contribution in [-0.2, 0) is 9.53 Å². The zero-order chi connectivity index (χ0) is 24.6. The average Bonchev–Trinajstić information content (AvgIpc) is 2.76. The lowest BCUT2D eigenvalue weighted by Gasteiger charge is -2.11. The highest BCUT2D eigenvalue weighted by atomic mass is 16.5. The largest absolute Gasteiger partial charge is 0.466 e. The number of ether oxygens (including phenoxy) is 1. The normalized spacial score (nSPS) is 12.6. The minimum absolute atomic E-state index is 0.000264. The van der Waals surface area contributed by atoms with Gasteiger partial charge >= 0.3 is 5.97 Å². The summed E-state index contributed by atoms with van der Waals surface area (Å²) in [5.41, 5.74) is 2.89. The molecule has 0 spiro atoms. The van der Waals surface area contributed by atoms with E-state index in [0.717, 1.165) is 32.1 Å². The van der Waals surface area contributed by atoms with E-state index in [-0.39, 0.29) is 5.97 Å². The molecule has 2 nitrogen and oxygen atoms in total. The van der Waals surface area contributed by atoms with Crippen LogP contribution in [0.3, 0.4) is 0 Å². The smallest absolute Gasteiger partial charge is 0.305 e. The van der Waals surface area contributed by atoms with Crippen molar-refractivity contribution >= 4 is 5.97 Å². The van der Waals surface area contributed by atoms with Crippen molar-refractivity contribution in [3.8, 4) is 0 Å². The molecular formula is C31H58O2. The Hall–Kier alpha value is -1.05. The maximum atomic E-state index is 11.9. The zero-order valence-electron chi connectivity index (χ0n) is 23.2. The van der Waals surface area contributed by atoms with E-state index in [4.69, 9.17) is 4.74 Å². The molecule has 2 heteroatoms. The Morgan fingerprint density at radius 3 is 1.79 bits per heavy atom. The monoisotopic (exact) mass is 462 g/mol. The molecule has 0 saturated carbocycles. The number of esters is 1. The van der Waals surface area contributed by atoms with E-state index < -0.39 is 0 Å². The van der Waals surface area contributed by atoms with Gasteiger partial charge in [-0.15, -0.1) is 0 Å². The first-order chi connectivity index (χ1) is 16.0. The fourth-order valence-electron chi connectivity index (χ4n) is 4.18. The van der Waals surface area contributed by atoms with Gasteiger partial charge in [0.05, 0.1) is 6.61 Å². The molecule has 194 valence electrons. The van der Waals surface area contributed by atoms with E-state index in [1.54, 1.807) is 0 Å². The molecule has 0 aliphatic carbocycles. The van der Waals surface area contributed by atoms with Crippen molar-refractivity contribution in [1.82, 2.24) is 0 Å². The standard InChI is InChI=1S/C31H58O2/c1-6-7-8-9-10-11-12-13-14-15-16-17-18-25-31(32)33-27-26-30(5)24-20-23-29(4)22-19-21-28(2)3/h21,23,30H,6-20,22,24-27H2,1-5H3/b29-23+. The number of rotatable bonds is 23. The van der Waals surface area contributed by atoms with Crippen LogP contribution in [0.4, 0.5) is 0 Å². The molecule has 0 aromatic heterocycles. The van der Waals surface area contributed by atoms with Crippen molar-refractivity contribution in [2.24, 2.45) is 5.92 Å². The molecular weight excluding hydrogens is 404 g/mol. The molecule has 0 radical (unpaired) electrons. The summed E-state index contributed by atoms with van der Waals surface area (Å²) >= 11 is 0. The molecule has 1 atom stereocenters. The topological polar surface area (TPSA) is 26.3 Å². The van der Waals surface area contributed by atoms with E-state index in [0.29, 0.717) is 18.9 Å². The number of hydrogen-bond donors (Lipinski definition) is 0. The van der Waals surface area contributed by atoms with E-state index in [1.807, 2.05) is 0 Å². The number of hydrogen-bond acceptors (Lipinski definition) is 2. The van der Waals surface area contributed by atoms with Gasteiger partial charge in [0.15, 0.2) is 0 Å². The van der Waals surface area contributed by atoms with Crippen LogP contribution in [0, 0.1) is 5.92 Å². The number of carbonyl (C=O) groups excluding carboxylic acids is 1. The van der Waals surface area contributed by atoms with Crippen molar-refractivity contribution in [3.05, 3.63) is 23.3 Å². The first-order valence-corrected chi connectivity index (χ1v) is 14.4. The van der Waals surface area contributed by atoms with Gasteiger partial charge in [0, 0.05) is 6.42 Å². The summed E-state index contributed by atoms with van der Waals surface area (Å²) in [5, 5.41) is 0. The highest BCUT2D eigenvalue weighted by Gasteiger charge is 2.06. The molecule has 0 heterocycles. The molecule has 0 aromatic carbocycles. The van der Waals surface area contributed by atoms with Crippen molar-refractivity contribution in [1.29, 1.82) is 0 Å². The Morgan fingerprint density at radius 2 is 1.24 bits per heavy atom. The van der Waals surface area contributed by atoms with Gasteiger partial charge in [-0.3, -0.25) is 4.79 Å². The molecule has 0 N–H and O–H groups in total. The van der Waals surface area contributed by atoms with Crippen molar-refractivity contribution in [2.45, 2.75) is 157 Å². The molecule has 0 saturated heterocycles. The molecule has 0 aliphatic heterocycles. The van der Waals surface area contributed by atoms with Crippen LogP contribution in [-0.4, -0.2) is 12.6 Å². The molecule has 0 aliphatic rings. The maximum Gasteiger partial charge on any atom is 0.305 e. The van der Waals surface area contributed by atoms with E-state index in [9.17, 15) is 4.79 Å². The third-order valence-corrected chi connectivity index (χ3v) is 6.60. The van der Waals surface area contributed by atoms with Gasteiger partial charge in [0.1, 0.15) is 0 Å². The molecule has 0 rings (SSSR count). The van der Waals surface area contributed by atoms with Crippen molar-refractivity contribution in [2.75, 3.05) is 6.61 Å². The summed E-state index contributed by atoms with van der Waals surface area (Å²) in [6.07, 6.45) is 28.2. The van der Waals surface area contributed by atoms with Gasteiger partial charge in [-0.1, -0.05) is 114 Å². The van der Waals surface area contributed by atoms with Gasteiger partial charge < -0.3 is 4.74 Å². The summed E-state index contributed by atoms with van der Waals surface area (Å²) in [5.74, 6) is 0.608. The Balaban J connectivity index is 3.47. The lowest BCUT2D eigenvalue weighted by Crippen LogP contribution is -2.08. The van der Waals surface area contributed by atoms with Gasteiger partial charge in [-0.2, -0.15) is 0 Å². The average molecular weight is 463 g/mol. The highest BCUT2D eigenvalue weighted by Crippen LogP contribution is 2.15. The molecule has 0 fully saturated rings. The lowest BCUT2D eigenvalue weighted by molar-refractivity contribution is -0.144. The molecule has 33 heavy (non-hydrogen) atoms. The van der Waals surface area contributed by atoms with Crippen LogP contribution in [0.25, 0.3) is 0 Å². The molecule has 0 amide bonds. The fraction of sp³-hybridized carbons (Fsp3) is 0.839. The first-order valence-electron chi connectivity index (χ1n) is 14.4. The number of unbranched alkanes of at least 4 members (excludes halogenated alkanes) is 12. The summed E-state index contributed by atoms with van der Waals surface area (Å²) < 4.78 is 5.46. The summed E-state index contributed by atoms with van der Waals surface area (Å²) in [4.78, 5) is 11.9. The summed E-state index contributed by atoms with van der Waals surface area (Å²) in [6.45, 7) is 11.7. The van der Waals surface area contributed by atoms with Crippen LogP contribution < -0.4 is 0 Å². The Labute approximate surface area is 208 Å². The number of allylic oxidation sites excluding steroid dienone is 4. The van der Waals surface area contributed by atoms with Crippen molar-refractivity contribution < 1.29 is 9.53 Å². The van der Waals surface area contributed by atoms with Crippen LogP contribution >= 0.6 is 0 Å². The third-order valence-electron chi connectivity index (χ3n) is 6.60. The molecule has 0 aromatic rings. The second kappa shape index (κ2) is 24.1. The fourth-order valence-corrected chi connectivity index (χ4v) is 4.18. The Kier molecular flexibility index (Phi) is 23.3. The third kappa shape index (κ3) is 25.4. The van der Waals surface area contributed by atoms with Crippen LogP contribution in [0.5, 0.6) is 0 Å².